The van der Waals surface area contributed by atoms with Gasteiger partial charge < -0.3 is 34.1 Å². The second-order valence-electron chi connectivity index (χ2n) is 9.17. The molecule has 2 amide bonds. The largest absolute Gasteiger partial charge is 0.496 e. The predicted molar refractivity (Wildman–Crippen MR) is 134 cm³/mol. The van der Waals surface area contributed by atoms with E-state index in [0.717, 1.165) is 0 Å². The summed E-state index contributed by atoms with van der Waals surface area (Å²) in [5, 5.41) is 2.28. The third-order valence-corrected chi connectivity index (χ3v) is 7.87. The van der Waals surface area contributed by atoms with Crippen LogP contribution in [-0.2, 0) is 23.9 Å². The van der Waals surface area contributed by atoms with E-state index in [1.165, 1.54) is 30.9 Å². The van der Waals surface area contributed by atoms with Gasteiger partial charge in [0.1, 0.15) is 34.5 Å². The molecule has 3 heterocycles. The van der Waals surface area contributed by atoms with Crippen molar-refractivity contribution in [2.24, 2.45) is 0 Å². The van der Waals surface area contributed by atoms with Crippen molar-refractivity contribution in [3.63, 3.8) is 0 Å². The van der Waals surface area contributed by atoms with Crippen molar-refractivity contribution in [3.8, 4) is 11.5 Å². The number of esters is 2. The summed E-state index contributed by atoms with van der Waals surface area (Å²) in [5.74, 6) is -1.60. The average molecular weight is 532 g/mol. The van der Waals surface area contributed by atoms with Crippen molar-refractivity contribution in [2.45, 2.75) is 42.5 Å². The summed E-state index contributed by atoms with van der Waals surface area (Å²) < 4.78 is 20.2. The summed E-state index contributed by atoms with van der Waals surface area (Å²) in [6.45, 7) is 3.07. The maximum absolute atomic E-state index is 13.1. The topological polar surface area (TPSA) is 124 Å². The van der Waals surface area contributed by atoms with Gasteiger partial charge in [-0.3, -0.25) is 9.59 Å². The smallest absolute Gasteiger partial charge is 0.338 e. The van der Waals surface area contributed by atoms with E-state index >= 15 is 0 Å². The molecule has 0 saturated carbocycles. The van der Waals surface area contributed by atoms with Crippen LogP contribution in [-0.4, -0.2) is 83.8 Å². The lowest BCUT2D eigenvalue weighted by Crippen LogP contribution is -2.70. The molecular formula is C25H29N3O8S. The van der Waals surface area contributed by atoms with Crippen molar-refractivity contribution < 1.29 is 38.1 Å². The fraction of sp³-hybridized carbons (Fsp3) is 0.440. The Balaban J connectivity index is 1.39. The molecule has 1 aromatic rings. The zero-order chi connectivity index (χ0) is 26.9. The molecule has 0 unspecified atom stereocenters. The molecule has 3 atom stereocenters. The van der Waals surface area contributed by atoms with Gasteiger partial charge in [-0.2, -0.15) is 0 Å². The fourth-order valence-corrected chi connectivity index (χ4v) is 6.17. The Kier molecular flexibility index (Phi) is 7.39. The number of amides is 2. The lowest BCUT2D eigenvalue weighted by Gasteiger charge is -2.43. The third-order valence-electron chi connectivity index (χ3n) is 6.30. The summed E-state index contributed by atoms with van der Waals surface area (Å²) >= 11 is 1.38. The maximum atomic E-state index is 13.1. The van der Waals surface area contributed by atoms with Crippen molar-refractivity contribution in [1.29, 1.82) is 0 Å². The number of hydrogen-bond acceptors (Lipinski definition) is 10. The van der Waals surface area contributed by atoms with Gasteiger partial charge in [-0.1, -0.05) is 12.1 Å². The number of nitrogens with zero attached hydrogens (tertiary/aromatic N) is 2. The molecule has 0 bridgehead atoms. The first-order valence-electron chi connectivity index (χ1n) is 11.5. The van der Waals surface area contributed by atoms with Gasteiger partial charge in [0.15, 0.2) is 0 Å². The molecule has 1 aromatic carbocycles. The van der Waals surface area contributed by atoms with E-state index in [1.54, 1.807) is 36.3 Å². The van der Waals surface area contributed by atoms with Gasteiger partial charge in [0.2, 0.25) is 12.7 Å². The molecule has 11 nitrogen and oxygen atoms in total. The number of rotatable bonds is 8. The van der Waals surface area contributed by atoms with Crippen LogP contribution in [0.1, 0.15) is 30.6 Å². The SMILES string of the molecule is COc1cccc(OC)c1C(=O)N[C@@H]1C(=O)N2[C@@H]1SC(C)(C)[C@@H]2C(=O)OCOC(=O)C1=CN(C)C=CC1. The quantitative estimate of drug-likeness (QED) is 0.301. The van der Waals surface area contributed by atoms with Gasteiger partial charge in [-0.15, -0.1) is 11.8 Å². The third kappa shape index (κ3) is 4.97. The van der Waals surface area contributed by atoms with E-state index < -0.39 is 52.8 Å². The number of methoxy groups -OCH3 is 2. The number of carbonyl (C=O) groups excluding carboxylic acids is 4. The highest BCUT2D eigenvalue weighted by Crippen LogP contribution is 2.51. The summed E-state index contributed by atoms with van der Waals surface area (Å²) in [5.41, 5.74) is 0.606. The predicted octanol–water partition coefficient (Wildman–Crippen LogP) is 1.64. The molecule has 198 valence electrons. The number of benzene rings is 1. The molecule has 0 radical (unpaired) electrons. The number of nitrogens with one attached hydrogen (secondary N) is 1. The van der Waals surface area contributed by atoms with Gasteiger partial charge in [0.05, 0.1) is 19.8 Å². The van der Waals surface area contributed by atoms with Crippen molar-refractivity contribution >= 4 is 35.5 Å². The lowest BCUT2D eigenvalue weighted by molar-refractivity contribution is -0.175. The average Bonchev–Trinajstić information content (AvgIpc) is 3.13. The minimum atomic E-state index is -0.911. The Hall–Kier alpha value is -3.67. The van der Waals surface area contributed by atoms with Crippen molar-refractivity contribution in [2.75, 3.05) is 28.1 Å². The molecule has 0 aromatic heterocycles. The molecule has 0 spiro atoms. The number of fused-ring (bicyclic) bond motifs is 1. The van der Waals surface area contributed by atoms with E-state index in [-0.39, 0.29) is 5.56 Å². The highest BCUT2D eigenvalue weighted by atomic mass is 32.2. The molecule has 4 rings (SSSR count). The van der Waals surface area contributed by atoms with Crippen LogP contribution in [0.4, 0.5) is 0 Å². The van der Waals surface area contributed by atoms with Crippen LogP contribution in [0.25, 0.3) is 0 Å². The first-order chi connectivity index (χ1) is 17.6. The standard InChI is InChI=1S/C25H29N3O8S/c1-25(2)19(24(32)36-13-35-23(31)14-8-7-11-27(3)12-14)28-21(30)18(22(28)37-25)26-20(29)17-15(33-4)9-6-10-16(17)34-5/h6-7,9-12,18-19,22H,8,13H2,1-5H3,(H,26,29)/t18-,19+,22-/m1/s1. The monoisotopic (exact) mass is 531 g/mol. The van der Waals surface area contributed by atoms with Crippen LogP contribution < -0.4 is 14.8 Å². The van der Waals surface area contributed by atoms with E-state index in [0.29, 0.717) is 23.5 Å². The molecule has 1 N–H and O–H groups in total. The second-order valence-corrected chi connectivity index (χ2v) is 10.9. The summed E-state index contributed by atoms with van der Waals surface area (Å²) in [6.07, 6.45) is 5.69. The van der Waals surface area contributed by atoms with Crippen LogP contribution >= 0.6 is 11.8 Å². The first-order valence-corrected chi connectivity index (χ1v) is 12.4. The summed E-state index contributed by atoms with van der Waals surface area (Å²) in [4.78, 5) is 54.4. The highest BCUT2D eigenvalue weighted by Gasteiger charge is 2.64. The van der Waals surface area contributed by atoms with Gasteiger partial charge in [0.25, 0.3) is 5.91 Å². The minimum absolute atomic E-state index is 0.175. The minimum Gasteiger partial charge on any atom is -0.496 e. The van der Waals surface area contributed by atoms with Gasteiger partial charge >= 0.3 is 11.9 Å². The molecule has 2 saturated heterocycles. The lowest BCUT2D eigenvalue weighted by atomic mass is 9.95. The molecule has 2 fully saturated rings. The van der Waals surface area contributed by atoms with Crippen LogP contribution in [0.2, 0.25) is 0 Å². The molecule has 37 heavy (non-hydrogen) atoms. The Morgan fingerprint density at radius 3 is 2.43 bits per heavy atom. The normalized spacial score (nSPS) is 23.4. The zero-order valence-electron chi connectivity index (χ0n) is 21.2. The Labute approximate surface area is 218 Å². The number of carbonyl (C=O) groups is 4. The number of β-lactam (4-membered cyclic amide) rings is 1. The molecule has 0 aliphatic carbocycles. The fourth-order valence-electron chi connectivity index (χ4n) is 4.55. The van der Waals surface area contributed by atoms with E-state index in [9.17, 15) is 19.2 Å². The second kappa shape index (κ2) is 10.4. The van der Waals surface area contributed by atoms with E-state index in [1.807, 2.05) is 26.1 Å². The summed E-state index contributed by atoms with van der Waals surface area (Å²) in [7, 11) is 4.66. The molecule has 3 aliphatic heterocycles. The van der Waals surface area contributed by atoms with Crippen LogP contribution in [0, 0.1) is 0 Å². The zero-order valence-corrected chi connectivity index (χ0v) is 22.0. The van der Waals surface area contributed by atoms with Gasteiger partial charge in [-0.25, -0.2) is 9.59 Å². The van der Waals surface area contributed by atoms with Crippen molar-refractivity contribution in [1.82, 2.24) is 15.1 Å². The van der Waals surface area contributed by atoms with Crippen LogP contribution in [0.3, 0.4) is 0 Å². The molecule has 3 aliphatic rings. The van der Waals surface area contributed by atoms with Gasteiger partial charge in [0, 0.05) is 24.4 Å². The molecule has 12 heteroatoms. The first kappa shape index (κ1) is 26.4. The van der Waals surface area contributed by atoms with Crippen molar-refractivity contribution in [3.05, 3.63) is 47.8 Å². The number of hydrogen-bond donors (Lipinski definition) is 1. The molecular weight excluding hydrogens is 502 g/mol. The van der Waals surface area contributed by atoms with Gasteiger partial charge in [-0.05, 0) is 32.2 Å². The Bertz CT molecular complexity index is 1160. The summed E-state index contributed by atoms with van der Waals surface area (Å²) in [6, 6.07) is 3.18. The van der Waals surface area contributed by atoms with Crippen LogP contribution in [0.5, 0.6) is 11.5 Å². The number of ether oxygens (including phenoxy) is 4. The number of allylic oxidation sites excluding steroid dienone is 1. The number of thioether (sulfide) groups is 1. The Morgan fingerprint density at radius 2 is 1.81 bits per heavy atom. The maximum Gasteiger partial charge on any atom is 0.338 e. The van der Waals surface area contributed by atoms with E-state index in [4.69, 9.17) is 18.9 Å². The highest BCUT2D eigenvalue weighted by molar-refractivity contribution is 8.01. The van der Waals surface area contributed by atoms with Crippen LogP contribution in [0.15, 0.2) is 42.2 Å². The van der Waals surface area contributed by atoms with E-state index in [2.05, 4.69) is 5.32 Å². The Morgan fingerprint density at radius 1 is 1.14 bits per heavy atom.